The molecule has 0 amide bonds. The summed E-state index contributed by atoms with van der Waals surface area (Å²) < 4.78 is 6.37. The van der Waals surface area contributed by atoms with Crippen LogP contribution in [0.25, 0.3) is 0 Å². The first-order valence-corrected chi connectivity index (χ1v) is 6.58. The lowest BCUT2D eigenvalue weighted by molar-refractivity contribution is -0.0986. The lowest BCUT2D eigenvalue weighted by Crippen LogP contribution is -2.56. The lowest BCUT2D eigenvalue weighted by Gasteiger charge is -2.50. The first kappa shape index (κ1) is 13.3. The van der Waals surface area contributed by atoms with Crippen LogP contribution in [0.5, 0.6) is 11.5 Å². The number of rotatable bonds is 0. The number of aromatic hydroxyl groups is 1. The van der Waals surface area contributed by atoms with Crippen molar-refractivity contribution in [2.45, 2.75) is 53.6 Å². The maximum Gasteiger partial charge on any atom is 0.123 e. The maximum atomic E-state index is 9.62. The van der Waals surface area contributed by atoms with E-state index in [1.807, 2.05) is 12.1 Å². The molecule has 0 unspecified atom stereocenters. The van der Waals surface area contributed by atoms with Crippen LogP contribution in [0.2, 0.25) is 0 Å². The SMILES string of the molecule is CC(C)(C)C1(C(C)(C)C)Cc2cc(O)ccc2O1. The normalized spacial score (nSPS) is 18.3. The van der Waals surface area contributed by atoms with Gasteiger partial charge in [0.15, 0.2) is 0 Å². The molecule has 0 saturated heterocycles. The molecule has 0 spiro atoms. The summed E-state index contributed by atoms with van der Waals surface area (Å²) >= 11 is 0. The zero-order valence-electron chi connectivity index (χ0n) is 12.3. The van der Waals surface area contributed by atoms with Crippen molar-refractivity contribution in [1.29, 1.82) is 0 Å². The Hall–Kier alpha value is -1.18. The highest BCUT2D eigenvalue weighted by atomic mass is 16.5. The molecule has 0 aromatic heterocycles. The Kier molecular flexibility index (Phi) is 2.69. The molecule has 1 N–H and O–H groups in total. The van der Waals surface area contributed by atoms with Crippen molar-refractivity contribution in [3.8, 4) is 11.5 Å². The Balaban J connectivity index is 2.51. The van der Waals surface area contributed by atoms with Gasteiger partial charge in [0.1, 0.15) is 17.1 Å². The summed E-state index contributed by atoms with van der Waals surface area (Å²) in [7, 11) is 0. The fourth-order valence-corrected chi connectivity index (χ4v) is 3.26. The van der Waals surface area contributed by atoms with Gasteiger partial charge in [-0.15, -0.1) is 0 Å². The predicted molar refractivity (Wildman–Crippen MR) is 74.1 cm³/mol. The van der Waals surface area contributed by atoms with E-state index in [2.05, 4.69) is 41.5 Å². The maximum absolute atomic E-state index is 9.62. The van der Waals surface area contributed by atoms with E-state index in [1.54, 1.807) is 6.07 Å². The molecule has 1 heterocycles. The fourth-order valence-electron chi connectivity index (χ4n) is 3.26. The molecule has 1 aliphatic rings. The molecule has 18 heavy (non-hydrogen) atoms. The van der Waals surface area contributed by atoms with Gasteiger partial charge in [-0.2, -0.15) is 0 Å². The highest BCUT2D eigenvalue weighted by Gasteiger charge is 2.56. The smallest absolute Gasteiger partial charge is 0.123 e. The van der Waals surface area contributed by atoms with E-state index >= 15 is 0 Å². The zero-order chi connectivity index (χ0) is 13.8. The van der Waals surface area contributed by atoms with E-state index in [0.717, 1.165) is 17.7 Å². The lowest BCUT2D eigenvalue weighted by atomic mass is 9.61. The molecule has 1 aromatic carbocycles. The number of fused-ring (bicyclic) bond motifs is 1. The van der Waals surface area contributed by atoms with Crippen LogP contribution < -0.4 is 4.74 Å². The molecular weight excluding hydrogens is 224 g/mol. The Morgan fingerprint density at radius 2 is 1.61 bits per heavy atom. The number of phenolic OH excluding ortho intramolecular Hbond substituents is 1. The van der Waals surface area contributed by atoms with Gasteiger partial charge in [-0.3, -0.25) is 0 Å². The van der Waals surface area contributed by atoms with Gasteiger partial charge in [-0.1, -0.05) is 41.5 Å². The Labute approximate surface area is 110 Å². The van der Waals surface area contributed by atoms with Crippen LogP contribution in [-0.2, 0) is 6.42 Å². The minimum Gasteiger partial charge on any atom is -0.508 e. The van der Waals surface area contributed by atoms with Crippen LogP contribution in [0.4, 0.5) is 0 Å². The number of phenols is 1. The second-order valence-corrected chi connectivity index (χ2v) is 7.40. The topological polar surface area (TPSA) is 29.5 Å². The molecule has 100 valence electrons. The van der Waals surface area contributed by atoms with Crippen molar-refractivity contribution >= 4 is 0 Å². The van der Waals surface area contributed by atoms with E-state index in [4.69, 9.17) is 4.74 Å². The molecule has 1 aliphatic heterocycles. The van der Waals surface area contributed by atoms with E-state index in [0.29, 0.717) is 5.75 Å². The minimum atomic E-state index is -0.240. The van der Waals surface area contributed by atoms with Gasteiger partial charge in [0, 0.05) is 22.8 Å². The first-order chi connectivity index (χ1) is 8.07. The quantitative estimate of drug-likeness (QED) is 0.747. The van der Waals surface area contributed by atoms with Crippen molar-refractivity contribution in [2.75, 3.05) is 0 Å². The fraction of sp³-hybridized carbons (Fsp3) is 0.625. The largest absolute Gasteiger partial charge is 0.508 e. The van der Waals surface area contributed by atoms with Crippen molar-refractivity contribution in [3.05, 3.63) is 23.8 Å². The number of hydrogen-bond acceptors (Lipinski definition) is 2. The van der Waals surface area contributed by atoms with Gasteiger partial charge in [0.05, 0.1) is 0 Å². The van der Waals surface area contributed by atoms with Crippen LogP contribution >= 0.6 is 0 Å². The average Bonchev–Trinajstić information content (AvgIpc) is 2.55. The van der Waals surface area contributed by atoms with Gasteiger partial charge in [0.2, 0.25) is 0 Å². The Bertz CT molecular complexity index is 447. The van der Waals surface area contributed by atoms with Crippen LogP contribution in [0.1, 0.15) is 47.1 Å². The summed E-state index contributed by atoms with van der Waals surface area (Å²) in [4.78, 5) is 0. The standard InChI is InChI=1S/C16H24O2/c1-14(2,3)16(15(4,5)6)10-11-9-12(17)7-8-13(11)18-16/h7-9,17H,10H2,1-6H3. The minimum absolute atomic E-state index is 0.0277. The van der Waals surface area contributed by atoms with Crippen molar-refractivity contribution in [2.24, 2.45) is 10.8 Å². The summed E-state index contributed by atoms with van der Waals surface area (Å²) in [5.74, 6) is 1.23. The van der Waals surface area contributed by atoms with Crippen molar-refractivity contribution in [1.82, 2.24) is 0 Å². The van der Waals surface area contributed by atoms with Gasteiger partial charge in [-0.05, 0) is 18.2 Å². The average molecular weight is 248 g/mol. The third kappa shape index (κ3) is 1.79. The molecule has 2 rings (SSSR count). The number of hydrogen-bond donors (Lipinski definition) is 1. The molecular formula is C16H24O2. The Morgan fingerprint density at radius 1 is 1.06 bits per heavy atom. The predicted octanol–water partition coefficient (Wildman–Crippen LogP) is 4.16. The molecule has 0 aliphatic carbocycles. The molecule has 0 saturated carbocycles. The zero-order valence-corrected chi connectivity index (χ0v) is 12.3. The third-order valence-electron chi connectivity index (χ3n) is 4.19. The highest BCUT2D eigenvalue weighted by Crippen LogP contribution is 2.54. The summed E-state index contributed by atoms with van der Waals surface area (Å²) in [6, 6.07) is 5.40. The molecule has 0 fully saturated rings. The van der Waals surface area contributed by atoms with Crippen LogP contribution in [0, 0.1) is 10.8 Å². The summed E-state index contributed by atoms with van der Waals surface area (Å²) in [5, 5.41) is 9.62. The monoisotopic (exact) mass is 248 g/mol. The molecule has 0 bridgehead atoms. The van der Waals surface area contributed by atoms with Gasteiger partial charge in [0.25, 0.3) is 0 Å². The third-order valence-corrected chi connectivity index (χ3v) is 4.19. The van der Waals surface area contributed by atoms with Crippen molar-refractivity contribution < 1.29 is 9.84 Å². The molecule has 2 nitrogen and oxygen atoms in total. The Morgan fingerprint density at radius 3 is 2.11 bits per heavy atom. The van der Waals surface area contributed by atoms with Gasteiger partial charge >= 0.3 is 0 Å². The van der Waals surface area contributed by atoms with Crippen LogP contribution in [0.3, 0.4) is 0 Å². The van der Waals surface area contributed by atoms with E-state index in [9.17, 15) is 5.11 Å². The molecule has 0 radical (unpaired) electrons. The second-order valence-electron chi connectivity index (χ2n) is 7.40. The number of benzene rings is 1. The van der Waals surface area contributed by atoms with Gasteiger partial charge in [-0.25, -0.2) is 0 Å². The van der Waals surface area contributed by atoms with E-state index in [1.165, 1.54) is 0 Å². The molecule has 2 heteroatoms. The molecule has 1 aromatic rings. The van der Waals surface area contributed by atoms with E-state index in [-0.39, 0.29) is 16.4 Å². The second kappa shape index (κ2) is 3.66. The van der Waals surface area contributed by atoms with Crippen LogP contribution in [0.15, 0.2) is 18.2 Å². The summed E-state index contributed by atoms with van der Waals surface area (Å²) in [5.41, 5.74) is 0.926. The van der Waals surface area contributed by atoms with Gasteiger partial charge < -0.3 is 9.84 Å². The summed E-state index contributed by atoms with van der Waals surface area (Å²) in [6.07, 6.45) is 0.851. The van der Waals surface area contributed by atoms with Crippen molar-refractivity contribution in [3.63, 3.8) is 0 Å². The van der Waals surface area contributed by atoms with E-state index < -0.39 is 0 Å². The first-order valence-electron chi connectivity index (χ1n) is 6.58. The van der Waals surface area contributed by atoms with Crippen LogP contribution in [-0.4, -0.2) is 10.7 Å². The summed E-state index contributed by atoms with van der Waals surface area (Å²) in [6.45, 7) is 13.4. The highest BCUT2D eigenvalue weighted by molar-refractivity contribution is 5.45. The number of ether oxygens (including phenoxy) is 1. The molecule has 0 atom stereocenters.